The Morgan fingerprint density at radius 2 is 1.50 bits per heavy atom. The smallest absolute Gasteiger partial charge is 0.347 e. The lowest BCUT2D eigenvalue weighted by molar-refractivity contribution is -0.116. The molecule has 0 saturated carbocycles. The molecule has 1 unspecified atom stereocenters. The van der Waals surface area contributed by atoms with Gasteiger partial charge in [0.2, 0.25) is 21.8 Å². The highest BCUT2D eigenvalue weighted by Gasteiger charge is 2.26. The third-order valence-corrected chi connectivity index (χ3v) is 8.53. The zero-order chi connectivity index (χ0) is 29.7. The Labute approximate surface area is 244 Å². The van der Waals surface area contributed by atoms with E-state index in [1.807, 2.05) is 67.6 Å². The molecule has 42 heavy (non-hydrogen) atoms. The van der Waals surface area contributed by atoms with Gasteiger partial charge in [0.15, 0.2) is 0 Å². The fraction of sp³-hybridized carbons (Fsp3) is 0.182. The lowest BCUT2D eigenvalue weighted by Gasteiger charge is -2.18. The number of aryl methyl sites for hydroxylation is 3. The summed E-state index contributed by atoms with van der Waals surface area (Å²) in [6, 6.07) is 27.9. The number of carbonyl (C=O) groups is 1. The Kier molecular flexibility index (Phi) is 8.61. The number of benzene rings is 4. The maximum absolute atomic E-state index is 13.3. The number of amides is 1. The minimum atomic E-state index is -3.96. The second-order valence-electron chi connectivity index (χ2n) is 10.2. The van der Waals surface area contributed by atoms with E-state index in [2.05, 4.69) is 15.0 Å². The normalized spacial score (nSPS) is 12.2. The Balaban J connectivity index is 1.44. The monoisotopic (exact) mass is 581 g/mol. The summed E-state index contributed by atoms with van der Waals surface area (Å²) in [5, 5.41) is 3.11. The maximum Gasteiger partial charge on any atom is 0.347 e. The number of nitrogens with zero attached hydrogens (tertiary/aromatic N) is 1. The quantitative estimate of drug-likeness (QED) is 0.220. The topological polar surface area (TPSA) is 118 Å². The number of aromatic nitrogens is 1. The van der Waals surface area contributed by atoms with Gasteiger partial charge in [-0.3, -0.25) is 4.79 Å². The van der Waals surface area contributed by atoms with Crippen molar-refractivity contribution in [2.45, 2.75) is 44.0 Å². The molecule has 0 bridgehead atoms. The van der Waals surface area contributed by atoms with Gasteiger partial charge in [-0.15, -0.1) is 0 Å². The van der Waals surface area contributed by atoms with Gasteiger partial charge in [-0.25, -0.2) is 18.2 Å². The number of carbonyl (C=O) groups excluding carboxylic acids is 1. The molecule has 4 aromatic carbocycles. The van der Waals surface area contributed by atoms with Gasteiger partial charge in [0.25, 0.3) is 0 Å². The molecule has 0 spiro atoms. The summed E-state index contributed by atoms with van der Waals surface area (Å²) in [4.78, 5) is 30.6. The average molecular weight is 582 g/mol. The van der Waals surface area contributed by atoms with Gasteiger partial charge >= 0.3 is 5.63 Å². The summed E-state index contributed by atoms with van der Waals surface area (Å²) in [5.74, 6) is -0.227. The predicted octanol–water partition coefficient (Wildman–Crippen LogP) is 5.64. The van der Waals surface area contributed by atoms with Gasteiger partial charge in [-0.1, -0.05) is 78.4 Å². The van der Waals surface area contributed by atoms with Crippen LogP contribution in [0.5, 0.6) is 0 Å². The number of hydrogen-bond acceptors (Lipinski definition) is 6. The lowest BCUT2D eigenvalue weighted by Crippen LogP contribution is -2.31. The molecule has 1 amide bonds. The van der Waals surface area contributed by atoms with Crippen molar-refractivity contribution in [2.75, 3.05) is 5.32 Å². The first-order chi connectivity index (χ1) is 20.2. The van der Waals surface area contributed by atoms with Crippen LogP contribution in [-0.4, -0.2) is 19.3 Å². The average Bonchev–Trinajstić information content (AvgIpc) is 2.98. The van der Waals surface area contributed by atoms with Crippen molar-refractivity contribution in [2.24, 2.45) is 0 Å². The maximum atomic E-state index is 13.3. The molecule has 0 aliphatic rings. The molecule has 214 valence electrons. The van der Waals surface area contributed by atoms with Gasteiger partial charge in [-0.05, 0) is 67.6 Å². The molecule has 2 N–H and O–H groups in total. The van der Waals surface area contributed by atoms with Gasteiger partial charge in [0.1, 0.15) is 6.04 Å². The molecule has 1 atom stereocenters. The highest BCUT2D eigenvalue weighted by atomic mass is 32.2. The first-order valence-corrected chi connectivity index (χ1v) is 15.1. The molecule has 0 radical (unpaired) electrons. The zero-order valence-electron chi connectivity index (χ0n) is 23.3. The number of rotatable bonds is 10. The first kappa shape index (κ1) is 28.9. The Morgan fingerprint density at radius 1 is 0.857 bits per heavy atom. The van der Waals surface area contributed by atoms with E-state index >= 15 is 0 Å². The second-order valence-corrected chi connectivity index (χ2v) is 11.9. The van der Waals surface area contributed by atoms with Crippen LogP contribution in [0.4, 0.5) is 5.69 Å². The molecule has 1 aromatic heterocycles. The number of sulfonamides is 1. The Hall–Kier alpha value is -4.60. The summed E-state index contributed by atoms with van der Waals surface area (Å²) in [6.45, 7) is 3.59. The minimum Gasteiger partial charge on any atom is -0.406 e. The fourth-order valence-corrected chi connectivity index (χ4v) is 5.93. The van der Waals surface area contributed by atoms with Crippen LogP contribution in [0.3, 0.4) is 0 Å². The SMILES string of the molecule is Cc1ccc(S(=O)(=O)NC(Cc2ccccc2)c2nc3ccc(NC(=O)CCc4ccccc4)c(C)c3c(=O)o2)cc1. The number of anilines is 1. The van der Waals surface area contributed by atoms with E-state index < -0.39 is 21.7 Å². The number of fused-ring (bicyclic) bond motifs is 1. The predicted molar refractivity (Wildman–Crippen MR) is 163 cm³/mol. The minimum absolute atomic E-state index is 0.0499. The van der Waals surface area contributed by atoms with E-state index in [1.54, 1.807) is 31.2 Å². The molecular formula is C33H31N3O5S. The van der Waals surface area contributed by atoms with Crippen LogP contribution in [0.25, 0.3) is 10.9 Å². The zero-order valence-corrected chi connectivity index (χ0v) is 24.1. The highest BCUT2D eigenvalue weighted by molar-refractivity contribution is 7.89. The van der Waals surface area contributed by atoms with Crippen molar-refractivity contribution in [1.29, 1.82) is 0 Å². The third-order valence-electron chi connectivity index (χ3n) is 7.04. The van der Waals surface area contributed by atoms with Crippen LogP contribution in [0.2, 0.25) is 0 Å². The van der Waals surface area contributed by atoms with Gasteiger partial charge in [-0.2, -0.15) is 4.72 Å². The summed E-state index contributed by atoms with van der Waals surface area (Å²) >= 11 is 0. The van der Waals surface area contributed by atoms with Crippen molar-refractivity contribution in [3.05, 3.63) is 136 Å². The van der Waals surface area contributed by atoms with E-state index in [4.69, 9.17) is 4.42 Å². The summed E-state index contributed by atoms with van der Waals surface area (Å²) in [6.07, 6.45) is 1.09. The van der Waals surface area contributed by atoms with Gasteiger partial charge < -0.3 is 9.73 Å². The standard InChI is InChI=1S/C33H31N3O5S/c1-22-13-16-26(17-14-22)42(39,40)36-29(21-25-11-7-4-8-12-25)32-35-28-19-18-27(23(2)31(28)33(38)41-32)34-30(37)20-15-24-9-5-3-6-10-24/h3-14,16-19,29,36H,15,20-21H2,1-2H3,(H,34,37). The molecule has 0 saturated heterocycles. The van der Waals surface area contributed by atoms with Crippen LogP contribution in [0.15, 0.2) is 111 Å². The molecule has 8 nitrogen and oxygen atoms in total. The third kappa shape index (κ3) is 6.82. The molecule has 0 aliphatic heterocycles. The second kappa shape index (κ2) is 12.5. The van der Waals surface area contributed by atoms with Crippen molar-refractivity contribution in [1.82, 2.24) is 9.71 Å². The van der Waals surface area contributed by atoms with Crippen LogP contribution < -0.4 is 15.7 Å². The Bertz CT molecular complexity index is 1870. The summed E-state index contributed by atoms with van der Waals surface area (Å²) in [7, 11) is -3.96. The van der Waals surface area contributed by atoms with Crippen molar-refractivity contribution in [3.63, 3.8) is 0 Å². The van der Waals surface area contributed by atoms with Gasteiger partial charge in [0, 0.05) is 12.1 Å². The van der Waals surface area contributed by atoms with Crippen molar-refractivity contribution >= 4 is 32.5 Å². The van der Waals surface area contributed by atoms with Crippen LogP contribution in [0, 0.1) is 13.8 Å². The van der Waals surface area contributed by atoms with Crippen molar-refractivity contribution in [3.8, 4) is 0 Å². The molecule has 1 heterocycles. The van der Waals surface area contributed by atoms with Crippen LogP contribution in [0.1, 0.15) is 40.6 Å². The summed E-state index contributed by atoms with van der Waals surface area (Å²) < 4.78 is 35.0. The first-order valence-electron chi connectivity index (χ1n) is 13.6. The molecule has 0 fully saturated rings. The highest BCUT2D eigenvalue weighted by Crippen LogP contribution is 2.26. The summed E-state index contributed by atoms with van der Waals surface area (Å²) in [5.41, 5.74) is 3.51. The van der Waals surface area contributed by atoms with Crippen molar-refractivity contribution < 1.29 is 17.6 Å². The van der Waals surface area contributed by atoms with E-state index in [1.165, 1.54) is 12.1 Å². The molecular weight excluding hydrogens is 550 g/mol. The molecule has 5 aromatic rings. The van der Waals surface area contributed by atoms with E-state index in [0.717, 1.165) is 16.7 Å². The van der Waals surface area contributed by atoms with E-state index in [9.17, 15) is 18.0 Å². The molecule has 5 rings (SSSR count). The van der Waals surface area contributed by atoms with E-state index in [-0.39, 0.29) is 34.9 Å². The van der Waals surface area contributed by atoms with E-state index in [0.29, 0.717) is 23.2 Å². The number of hydrogen-bond donors (Lipinski definition) is 2. The largest absolute Gasteiger partial charge is 0.406 e. The number of nitrogens with one attached hydrogen (secondary N) is 2. The molecule has 0 aliphatic carbocycles. The molecule has 9 heteroatoms. The lowest BCUT2D eigenvalue weighted by atomic mass is 10.1. The van der Waals surface area contributed by atoms with Crippen LogP contribution >= 0.6 is 0 Å². The van der Waals surface area contributed by atoms with Crippen LogP contribution in [-0.2, 0) is 27.7 Å². The Morgan fingerprint density at radius 3 is 2.17 bits per heavy atom. The fourth-order valence-electron chi connectivity index (χ4n) is 4.74. The van der Waals surface area contributed by atoms with Gasteiger partial charge in [0.05, 0.1) is 15.8 Å².